The molecular weight excluding hydrogens is 212 g/mol. The Labute approximate surface area is 105 Å². The van der Waals surface area contributed by atoms with Crippen molar-refractivity contribution in [1.82, 2.24) is 20.1 Å². The zero-order valence-electron chi connectivity index (χ0n) is 11.8. The molecule has 1 heterocycles. The van der Waals surface area contributed by atoms with Crippen LogP contribution in [0.1, 0.15) is 46.9 Å². The van der Waals surface area contributed by atoms with Gasteiger partial charge in [-0.15, -0.1) is 0 Å². The van der Waals surface area contributed by atoms with Crippen LogP contribution in [-0.2, 0) is 13.1 Å². The van der Waals surface area contributed by atoms with E-state index >= 15 is 0 Å². The largest absolute Gasteiger partial charge is 0.307 e. The second-order valence-electron chi connectivity index (χ2n) is 5.39. The predicted molar refractivity (Wildman–Crippen MR) is 70.6 cm³/mol. The first-order valence-corrected chi connectivity index (χ1v) is 6.64. The van der Waals surface area contributed by atoms with E-state index in [2.05, 4.69) is 50.0 Å². The summed E-state index contributed by atoms with van der Waals surface area (Å²) in [6.07, 6.45) is 2.80. The van der Waals surface area contributed by atoms with E-state index in [1.807, 2.05) is 4.68 Å². The maximum absolute atomic E-state index is 4.32. The Morgan fingerprint density at radius 2 is 2.00 bits per heavy atom. The lowest BCUT2D eigenvalue weighted by Crippen LogP contribution is -2.33. The summed E-state index contributed by atoms with van der Waals surface area (Å²) in [4.78, 5) is 4.32. The van der Waals surface area contributed by atoms with Crippen LogP contribution in [0, 0.1) is 11.8 Å². The highest BCUT2D eigenvalue weighted by Gasteiger charge is 2.12. The minimum atomic E-state index is 0.555. The molecule has 0 saturated heterocycles. The summed E-state index contributed by atoms with van der Waals surface area (Å²) in [5.74, 6) is 2.29. The molecule has 0 aliphatic heterocycles. The third-order valence-corrected chi connectivity index (χ3v) is 3.00. The summed E-state index contributed by atoms with van der Waals surface area (Å²) in [5.41, 5.74) is 0. The highest BCUT2D eigenvalue weighted by molar-refractivity contribution is 4.85. The van der Waals surface area contributed by atoms with Crippen LogP contribution in [0.3, 0.4) is 0 Å². The monoisotopic (exact) mass is 238 g/mol. The number of rotatable bonds is 7. The first kappa shape index (κ1) is 14.2. The van der Waals surface area contributed by atoms with Gasteiger partial charge in [0.05, 0.1) is 6.54 Å². The molecule has 17 heavy (non-hydrogen) atoms. The van der Waals surface area contributed by atoms with Crippen molar-refractivity contribution in [3.05, 3.63) is 12.2 Å². The predicted octanol–water partition coefficient (Wildman–Crippen LogP) is 2.46. The molecule has 0 saturated carbocycles. The minimum absolute atomic E-state index is 0.555. The summed E-state index contributed by atoms with van der Waals surface area (Å²) in [6, 6.07) is 0.555. The molecule has 0 bridgehead atoms. The molecule has 98 valence electrons. The number of nitrogens with one attached hydrogen (secondary N) is 1. The lowest BCUT2D eigenvalue weighted by molar-refractivity contribution is 0.373. The van der Waals surface area contributed by atoms with Crippen molar-refractivity contribution in [3.8, 4) is 0 Å². The topological polar surface area (TPSA) is 42.7 Å². The van der Waals surface area contributed by atoms with Crippen LogP contribution in [0.15, 0.2) is 6.33 Å². The van der Waals surface area contributed by atoms with E-state index in [1.54, 1.807) is 6.33 Å². The first-order valence-electron chi connectivity index (χ1n) is 6.64. The molecule has 0 amide bonds. The third-order valence-electron chi connectivity index (χ3n) is 3.00. The zero-order chi connectivity index (χ0) is 12.8. The van der Waals surface area contributed by atoms with Crippen molar-refractivity contribution in [2.24, 2.45) is 11.8 Å². The second-order valence-corrected chi connectivity index (χ2v) is 5.39. The van der Waals surface area contributed by atoms with Crippen LogP contribution in [-0.4, -0.2) is 20.8 Å². The van der Waals surface area contributed by atoms with Gasteiger partial charge in [0, 0.05) is 12.6 Å². The highest BCUT2D eigenvalue weighted by Crippen LogP contribution is 2.07. The normalized spacial score (nSPS) is 13.6. The SMILES string of the molecule is CCC(NCc1ncnn1CC(C)C)C(C)C. The van der Waals surface area contributed by atoms with E-state index in [-0.39, 0.29) is 0 Å². The van der Waals surface area contributed by atoms with Crippen molar-refractivity contribution in [1.29, 1.82) is 0 Å². The Morgan fingerprint density at radius 1 is 1.29 bits per heavy atom. The van der Waals surface area contributed by atoms with E-state index in [9.17, 15) is 0 Å². The molecule has 0 aromatic carbocycles. The average Bonchev–Trinajstić information content (AvgIpc) is 2.65. The van der Waals surface area contributed by atoms with Gasteiger partial charge in [0.25, 0.3) is 0 Å². The second kappa shape index (κ2) is 6.74. The van der Waals surface area contributed by atoms with Crippen LogP contribution in [0.5, 0.6) is 0 Å². The van der Waals surface area contributed by atoms with Crippen LogP contribution < -0.4 is 5.32 Å². The molecule has 0 fully saturated rings. The number of nitrogens with zero attached hydrogens (tertiary/aromatic N) is 3. The van der Waals surface area contributed by atoms with Gasteiger partial charge in [0.2, 0.25) is 0 Å². The fraction of sp³-hybridized carbons (Fsp3) is 0.846. The summed E-state index contributed by atoms with van der Waals surface area (Å²) in [7, 11) is 0. The summed E-state index contributed by atoms with van der Waals surface area (Å²) in [6.45, 7) is 12.9. The van der Waals surface area contributed by atoms with Gasteiger partial charge in [0.1, 0.15) is 12.2 Å². The quantitative estimate of drug-likeness (QED) is 0.793. The van der Waals surface area contributed by atoms with Gasteiger partial charge in [-0.2, -0.15) is 5.10 Å². The van der Waals surface area contributed by atoms with Gasteiger partial charge in [-0.25, -0.2) is 9.67 Å². The molecule has 1 aromatic rings. The third kappa shape index (κ3) is 4.46. The molecule has 1 unspecified atom stereocenters. The Kier molecular flexibility index (Phi) is 5.62. The summed E-state index contributed by atoms with van der Waals surface area (Å²) in [5, 5.41) is 7.83. The van der Waals surface area contributed by atoms with Gasteiger partial charge in [0.15, 0.2) is 0 Å². The number of hydrogen-bond acceptors (Lipinski definition) is 3. The zero-order valence-corrected chi connectivity index (χ0v) is 11.8. The van der Waals surface area contributed by atoms with E-state index in [0.29, 0.717) is 17.9 Å². The molecule has 4 nitrogen and oxygen atoms in total. The van der Waals surface area contributed by atoms with Crippen molar-refractivity contribution in [2.45, 2.75) is 60.2 Å². The van der Waals surface area contributed by atoms with Crippen LogP contribution in [0.4, 0.5) is 0 Å². The molecule has 1 N–H and O–H groups in total. The summed E-state index contributed by atoms with van der Waals surface area (Å²) >= 11 is 0. The molecular formula is C13H26N4. The van der Waals surface area contributed by atoms with Gasteiger partial charge in [-0.3, -0.25) is 0 Å². The Hall–Kier alpha value is -0.900. The first-order chi connectivity index (χ1) is 8.04. The van der Waals surface area contributed by atoms with Crippen molar-refractivity contribution in [2.75, 3.05) is 0 Å². The van der Waals surface area contributed by atoms with Crippen LogP contribution in [0.2, 0.25) is 0 Å². The molecule has 1 aromatic heterocycles. The van der Waals surface area contributed by atoms with Crippen molar-refractivity contribution >= 4 is 0 Å². The Balaban J connectivity index is 2.53. The molecule has 4 heteroatoms. The van der Waals surface area contributed by atoms with Crippen LogP contribution >= 0.6 is 0 Å². The number of aromatic nitrogens is 3. The molecule has 0 aliphatic rings. The fourth-order valence-corrected chi connectivity index (χ4v) is 2.00. The molecule has 0 aliphatic carbocycles. The van der Waals surface area contributed by atoms with Gasteiger partial charge in [-0.1, -0.05) is 34.6 Å². The van der Waals surface area contributed by atoms with Gasteiger partial charge >= 0.3 is 0 Å². The van der Waals surface area contributed by atoms with E-state index in [1.165, 1.54) is 0 Å². The Morgan fingerprint density at radius 3 is 2.53 bits per heavy atom. The van der Waals surface area contributed by atoms with Gasteiger partial charge < -0.3 is 5.32 Å². The maximum atomic E-state index is 4.32. The highest BCUT2D eigenvalue weighted by atomic mass is 15.3. The summed E-state index contributed by atoms with van der Waals surface area (Å²) < 4.78 is 2.00. The lowest BCUT2D eigenvalue weighted by Gasteiger charge is -2.20. The molecule has 0 spiro atoms. The smallest absolute Gasteiger partial charge is 0.140 e. The van der Waals surface area contributed by atoms with E-state index in [4.69, 9.17) is 0 Å². The molecule has 1 atom stereocenters. The van der Waals surface area contributed by atoms with Crippen LogP contribution in [0.25, 0.3) is 0 Å². The lowest BCUT2D eigenvalue weighted by atomic mass is 10.0. The van der Waals surface area contributed by atoms with Gasteiger partial charge in [-0.05, 0) is 18.3 Å². The van der Waals surface area contributed by atoms with Crippen molar-refractivity contribution in [3.63, 3.8) is 0 Å². The van der Waals surface area contributed by atoms with E-state index < -0.39 is 0 Å². The standard InChI is InChI=1S/C13H26N4/c1-6-12(11(4)5)14-7-13-15-9-16-17(13)8-10(2)3/h9-12,14H,6-8H2,1-5H3. The van der Waals surface area contributed by atoms with Crippen molar-refractivity contribution < 1.29 is 0 Å². The Bertz CT molecular complexity index is 317. The molecule has 0 radical (unpaired) electrons. The molecule has 1 rings (SSSR count). The fourth-order valence-electron chi connectivity index (χ4n) is 2.00. The maximum Gasteiger partial charge on any atom is 0.140 e. The van der Waals surface area contributed by atoms with E-state index in [0.717, 1.165) is 25.3 Å². The number of hydrogen-bond donors (Lipinski definition) is 1. The average molecular weight is 238 g/mol. The minimum Gasteiger partial charge on any atom is -0.307 e.